The molecule has 1 aromatic heterocycles. The summed E-state index contributed by atoms with van der Waals surface area (Å²) in [4.78, 5) is 20.5. The van der Waals surface area contributed by atoms with E-state index in [9.17, 15) is 0 Å². The van der Waals surface area contributed by atoms with E-state index in [0.29, 0.717) is 6.04 Å². The number of hydrogen-bond donors (Lipinski definition) is 2. The summed E-state index contributed by atoms with van der Waals surface area (Å²) in [6.07, 6.45) is 6.13. The average Bonchev–Trinajstić information content (AvgIpc) is 3.29. The summed E-state index contributed by atoms with van der Waals surface area (Å²) in [6.45, 7) is 9.03. The van der Waals surface area contributed by atoms with Crippen molar-refractivity contribution in [1.29, 1.82) is 0 Å². The van der Waals surface area contributed by atoms with E-state index in [2.05, 4.69) is 70.6 Å². The lowest BCUT2D eigenvalue weighted by Gasteiger charge is -2.34. The van der Waals surface area contributed by atoms with Crippen molar-refractivity contribution >= 4 is 11.9 Å². The van der Waals surface area contributed by atoms with E-state index in [-0.39, 0.29) is 0 Å². The van der Waals surface area contributed by atoms with Gasteiger partial charge in [0.1, 0.15) is 0 Å². The molecular formula is C24H36N8. The SMILES string of the molecule is CN=C(NCCN1CCN(c2ncccn2)CC1)NCC1CCCN1Cc1ccccc1. The van der Waals surface area contributed by atoms with Crippen molar-refractivity contribution < 1.29 is 0 Å². The number of aromatic nitrogens is 2. The fourth-order valence-corrected chi connectivity index (χ4v) is 4.55. The Morgan fingerprint density at radius 3 is 2.53 bits per heavy atom. The van der Waals surface area contributed by atoms with Crippen LogP contribution in [0.2, 0.25) is 0 Å². The zero-order valence-electron chi connectivity index (χ0n) is 19.2. The molecule has 4 rings (SSSR count). The summed E-state index contributed by atoms with van der Waals surface area (Å²) in [7, 11) is 1.85. The maximum absolute atomic E-state index is 4.43. The van der Waals surface area contributed by atoms with E-state index in [0.717, 1.165) is 64.3 Å². The Hall–Kier alpha value is -2.71. The van der Waals surface area contributed by atoms with Gasteiger partial charge in [0, 0.05) is 77.8 Å². The Bertz CT molecular complexity index is 820. The molecule has 8 nitrogen and oxygen atoms in total. The van der Waals surface area contributed by atoms with Gasteiger partial charge in [-0.25, -0.2) is 9.97 Å². The lowest BCUT2D eigenvalue weighted by Crippen LogP contribution is -2.50. The number of hydrogen-bond acceptors (Lipinski definition) is 6. The van der Waals surface area contributed by atoms with E-state index >= 15 is 0 Å². The zero-order chi connectivity index (χ0) is 22.0. The number of likely N-dealkylation sites (tertiary alicyclic amines) is 1. The first kappa shape index (κ1) is 22.5. The molecule has 1 atom stereocenters. The molecule has 8 heteroatoms. The third-order valence-corrected chi connectivity index (χ3v) is 6.38. The van der Waals surface area contributed by atoms with Gasteiger partial charge in [-0.2, -0.15) is 0 Å². The van der Waals surface area contributed by atoms with Gasteiger partial charge in [-0.15, -0.1) is 0 Å². The molecule has 1 unspecified atom stereocenters. The molecule has 0 aliphatic carbocycles. The quantitative estimate of drug-likeness (QED) is 0.479. The number of anilines is 1. The largest absolute Gasteiger partial charge is 0.355 e. The number of nitrogens with zero attached hydrogens (tertiary/aromatic N) is 6. The molecule has 2 N–H and O–H groups in total. The summed E-state index contributed by atoms with van der Waals surface area (Å²) in [5.74, 6) is 1.73. The normalized spacial score (nSPS) is 20.5. The van der Waals surface area contributed by atoms with Gasteiger partial charge in [-0.3, -0.25) is 14.8 Å². The topological polar surface area (TPSA) is 71.9 Å². The van der Waals surface area contributed by atoms with Crippen LogP contribution in [0.1, 0.15) is 18.4 Å². The summed E-state index contributed by atoms with van der Waals surface area (Å²) in [6, 6.07) is 13.2. The van der Waals surface area contributed by atoms with Crippen LogP contribution in [0.15, 0.2) is 53.8 Å². The van der Waals surface area contributed by atoms with Gasteiger partial charge in [0.15, 0.2) is 5.96 Å². The van der Waals surface area contributed by atoms with Crippen LogP contribution in [0, 0.1) is 0 Å². The minimum absolute atomic E-state index is 0.557. The van der Waals surface area contributed by atoms with Crippen LogP contribution in [0.4, 0.5) is 5.95 Å². The molecule has 2 aromatic rings. The third-order valence-electron chi connectivity index (χ3n) is 6.38. The number of aliphatic imine (C=N–C) groups is 1. The minimum atomic E-state index is 0.557. The molecule has 0 radical (unpaired) electrons. The second kappa shape index (κ2) is 11.8. The highest BCUT2D eigenvalue weighted by Gasteiger charge is 2.24. The highest BCUT2D eigenvalue weighted by Crippen LogP contribution is 2.19. The first-order valence-corrected chi connectivity index (χ1v) is 11.8. The lowest BCUT2D eigenvalue weighted by atomic mass is 10.2. The fraction of sp³-hybridized carbons (Fsp3) is 0.542. The standard InChI is InChI=1S/C24H36N8/c1-25-23(29-19-22-9-5-13-32(22)20-21-7-3-2-4-8-21)26-12-14-30-15-17-31(18-16-30)24-27-10-6-11-28-24/h2-4,6-8,10-11,22H,5,9,12-20H2,1H3,(H2,25,26,29). The Labute approximate surface area is 191 Å². The van der Waals surface area contributed by atoms with Crippen LogP contribution in [-0.2, 0) is 6.54 Å². The molecule has 0 amide bonds. The Balaban J connectivity index is 1.14. The average molecular weight is 437 g/mol. The zero-order valence-corrected chi connectivity index (χ0v) is 19.2. The molecule has 2 saturated heterocycles. The molecule has 1 aromatic carbocycles. The highest BCUT2D eigenvalue weighted by molar-refractivity contribution is 5.79. The van der Waals surface area contributed by atoms with Crippen LogP contribution >= 0.6 is 0 Å². The van der Waals surface area contributed by atoms with Crippen LogP contribution < -0.4 is 15.5 Å². The lowest BCUT2D eigenvalue weighted by molar-refractivity contribution is 0.244. The second-order valence-electron chi connectivity index (χ2n) is 8.51. The number of benzene rings is 1. The first-order chi connectivity index (χ1) is 15.8. The summed E-state index contributed by atoms with van der Waals surface area (Å²) in [5.41, 5.74) is 1.39. The summed E-state index contributed by atoms with van der Waals surface area (Å²) >= 11 is 0. The smallest absolute Gasteiger partial charge is 0.225 e. The van der Waals surface area contributed by atoms with Crippen molar-refractivity contribution in [2.45, 2.75) is 25.4 Å². The number of piperazine rings is 1. The Kier molecular flexibility index (Phi) is 8.28. The minimum Gasteiger partial charge on any atom is -0.355 e. The molecule has 2 aliphatic rings. The van der Waals surface area contributed by atoms with E-state index < -0.39 is 0 Å². The molecule has 0 saturated carbocycles. The first-order valence-electron chi connectivity index (χ1n) is 11.8. The third kappa shape index (κ3) is 6.40. The highest BCUT2D eigenvalue weighted by atomic mass is 15.3. The van der Waals surface area contributed by atoms with Crippen molar-refractivity contribution in [3.05, 3.63) is 54.4 Å². The molecular weight excluding hydrogens is 400 g/mol. The van der Waals surface area contributed by atoms with Gasteiger partial charge in [0.05, 0.1) is 0 Å². The maximum atomic E-state index is 4.43. The molecule has 3 heterocycles. The fourth-order valence-electron chi connectivity index (χ4n) is 4.55. The second-order valence-corrected chi connectivity index (χ2v) is 8.51. The summed E-state index contributed by atoms with van der Waals surface area (Å²) in [5, 5.41) is 7.04. The molecule has 172 valence electrons. The van der Waals surface area contributed by atoms with Crippen molar-refractivity contribution in [3.8, 4) is 0 Å². The predicted octanol–water partition coefficient (Wildman–Crippen LogP) is 1.43. The number of rotatable bonds is 8. The van der Waals surface area contributed by atoms with Crippen molar-refractivity contribution in [1.82, 2.24) is 30.4 Å². The van der Waals surface area contributed by atoms with Gasteiger partial charge in [-0.1, -0.05) is 30.3 Å². The van der Waals surface area contributed by atoms with E-state index in [1.807, 2.05) is 25.5 Å². The molecule has 0 bridgehead atoms. The van der Waals surface area contributed by atoms with Gasteiger partial charge < -0.3 is 15.5 Å². The Morgan fingerprint density at radius 2 is 1.78 bits per heavy atom. The van der Waals surface area contributed by atoms with Crippen molar-refractivity contribution in [2.75, 3.05) is 64.3 Å². The predicted molar refractivity (Wildman–Crippen MR) is 130 cm³/mol. The van der Waals surface area contributed by atoms with E-state index in [1.54, 1.807) is 0 Å². The van der Waals surface area contributed by atoms with Crippen molar-refractivity contribution in [2.24, 2.45) is 4.99 Å². The van der Waals surface area contributed by atoms with E-state index in [1.165, 1.54) is 24.9 Å². The van der Waals surface area contributed by atoms with Gasteiger partial charge in [0.2, 0.25) is 5.95 Å². The van der Waals surface area contributed by atoms with Crippen molar-refractivity contribution in [3.63, 3.8) is 0 Å². The molecule has 2 aliphatic heterocycles. The van der Waals surface area contributed by atoms with Crippen LogP contribution in [0.5, 0.6) is 0 Å². The van der Waals surface area contributed by atoms with E-state index in [4.69, 9.17) is 0 Å². The molecule has 32 heavy (non-hydrogen) atoms. The van der Waals surface area contributed by atoms with Gasteiger partial charge >= 0.3 is 0 Å². The van der Waals surface area contributed by atoms with Crippen LogP contribution in [-0.4, -0.2) is 91.2 Å². The van der Waals surface area contributed by atoms with Gasteiger partial charge in [0.25, 0.3) is 0 Å². The maximum Gasteiger partial charge on any atom is 0.225 e. The number of nitrogens with one attached hydrogen (secondary N) is 2. The monoisotopic (exact) mass is 436 g/mol. The molecule has 0 spiro atoms. The molecule has 2 fully saturated rings. The van der Waals surface area contributed by atoms with Crippen LogP contribution in [0.3, 0.4) is 0 Å². The number of guanidine groups is 1. The Morgan fingerprint density at radius 1 is 1.00 bits per heavy atom. The van der Waals surface area contributed by atoms with Crippen LogP contribution in [0.25, 0.3) is 0 Å². The summed E-state index contributed by atoms with van der Waals surface area (Å²) < 4.78 is 0. The van der Waals surface area contributed by atoms with Gasteiger partial charge in [-0.05, 0) is 31.0 Å².